The number of carbonyl (C=O) groups excluding carboxylic acids is 1. The van der Waals surface area contributed by atoms with Crippen LogP contribution in [0.2, 0.25) is 0 Å². The molecule has 0 bridgehead atoms. The van der Waals surface area contributed by atoms with Gasteiger partial charge in [-0.25, -0.2) is 9.07 Å². The van der Waals surface area contributed by atoms with Gasteiger partial charge in [0.1, 0.15) is 11.6 Å². The predicted molar refractivity (Wildman–Crippen MR) is 103 cm³/mol. The topological polar surface area (TPSA) is 64.0 Å². The zero-order valence-electron chi connectivity index (χ0n) is 15.0. The van der Waals surface area contributed by atoms with Gasteiger partial charge in [0.15, 0.2) is 0 Å². The predicted octanol–water partition coefficient (Wildman–Crippen LogP) is 3.64. The third-order valence-electron chi connectivity index (χ3n) is 4.57. The second-order valence-corrected chi connectivity index (χ2v) is 8.13. The standard InChI is InChI=1S/C20H18FN3O2S/c1-12-6-7-18(13(2)8-12)24-19(16-10-27(26)11-17(16)23-24)22-20(25)14-4-3-5-15(21)9-14/h3-9H,10-11H2,1-2H3,(H,22,25)/t27-/m1/s1. The van der Waals surface area contributed by atoms with Crippen LogP contribution >= 0.6 is 0 Å². The summed E-state index contributed by atoms with van der Waals surface area (Å²) in [6.07, 6.45) is 0. The molecule has 138 valence electrons. The molecule has 0 spiro atoms. The maximum atomic E-state index is 13.5. The normalized spacial score (nSPS) is 15.6. The molecule has 0 radical (unpaired) electrons. The lowest BCUT2D eigenvalue weighted by Crippen LogP contribution is -2.17. The van der Waals surface area contributed by atoms with Gasteiger partial charge < -0.3 is 5.32 Å². The average Bonchev–Trinajstić information content (AvgIpc) is 3.12. The van der Waals surface area contributed by atoms with Crippen molar-refractivity contribution in [3.8, 4) is 5.69 Å². The van der Waals surface area contributed by atoms with Crippen LogP contribution in [0, 0.1) is 19.7 Å². The van der Waals surface area contributed by atoms with E-state index in [1.54, 1.807) is 10.7 Å². The first kappa shape index (κ1) is 17.6. The highest BCUT2D eigenvalue weighted by Gasteiger charge is 2.29. The number of hydrogen-bond donors (Lipinski definition) is 1. The Bertz CT molecular complexity index is 1090. The highest BCUT2D eigenvalue weighted by molar-refractivity contribution is 7.83. The third-order valence-corrected chi connectivity index (χ3v) is 5.78. The molecule has 4 rings (SSSR count). The second kappa shape index (κ2) is 6.74. The van der Waals surface area contributed by atoms with E-state index >= 15 is 0 Å². The van der Waals surface area contributed by atoms with Crippen molar-refractivity contribution in [2.24, 2.45) is 0 Å². The Kier molecular flexibility index (Phi) is 4.39. The van der Waals surface area contributed by atoms with E-state index in [-0.39, 0.29) is 5.56 Å². The first-order valence-electron chi connectivity index (χ1n) is 8.52. The largest absolute Gasteiger partial charge is 0.306 e. The lowest BCUT2D eigenvalue weighted by Gasteiger charge is -2.13. The minimum Gasteiger partial charge on any atom is -0.306 e. The minimum absolute atomic E-state index is 0.219. The van der Waals surface area contributed by atoms with E-state index in [1.165, 1.54) is 18.2 Å². The first-order valence-corrected chi connectivity index (χ1v) is 10.0. The molecule has 2 aromatic carbocycles. The molecular formula is C20H18FN3O2S. The molecule has 0 saturated carbocycles. The molecule has 1 aliphatic heterocycles. The molecule has 0 unspecified atom stereocenters. The van der Waals surface area contributed by atoms with Crippen molar-refractivity contribution in [2.75, 3.05) is 5.32 Å². The van der Waals surface area contributed by atoms with Crippen LogP contribution in [-0.4, -0.2) is 19.9 Å². The van der Waals surface area contributed by atoms with Gasteiger partial charge in [-0.1, -0.05) is 23.8 Å². The summed E-state index contributed by atoms with van der Waals surface area (Å²) in [5.74, 6) is 0.310. The van der Waals surface area contributed by atoms with Crippen molar-refractivity contribution in [3.63, 3.8) is 0 Å². The number of aryl methyl sites for hydroxylation is 2. The molecule has 1 aromatic heterocycles. The van der Waals surface area contributed by atoms with Gasteiger partial charge in [0.2, 0.25) is 0 Å². The molecule has 27 heavy (non-hydrogen) atoms. The zero-order chi connectivity index (χ0) is 19.1. The van der Waals surface area contributed by atoms with Crippen molar-refractivity contribution in [2.45, 2.75) is 25.4 Å². The Labute approximate surface area is 158 Å². The van der Waals surface area contributed by atoms with Gasteiger partial charge in [0, 0.05) is 21.9 Å². The molecule has 1 amide bonds. The van der Waals surface area contributed by atoms with E-state index in [0.29, 0.717) is 17.3 Å². The van der Waals surface area contributed by atoms with Crippen LogP contribution in [0.1, 0.15) is 32.7 Å². The van der Waals surface area contributed by atoms with Gasteiger partial charge in [-0.2, -0.15) is 5.10 Å². The molecule has 0 saturated heterocycles. The lowest BCUT2D eigenvalue weighted by atomic mass is 10.1. The first-order chi connectivity index (χ1) is 12.9. The number of rotatable bonds is 3. The van der Waals surface area contributed by atoms with Crippen molar-refractivity contribution in [3.05, 3.63) is 76.2 Å². The molecule has 1 atom stereocenters. The molecule has 5 nitrogen and oxygen atoms in total. The number of amides is 1. The van der Waals surface area contributed by atoms with Crippen molar-refractivity contribution in [1.29, 1.82) is 0 Å². The average molecular weight is 383 g/mol. The fraction of sp³-hybridized carbons (Fsp3) is 0.200. The van der Waals surface area contributed by atoms with Gasteiger partial charge in [-0.05, 0) is 43.7 Å². The number of fused-ring (bicyclic) bond motifs is 1. The van der Waals surface area contributed by atoms with Crippen molar-refractivity contribution in [1.82, 2.24) is 9.78 Å². The summed E-state index contributed by atoms with van der Waals surface area (Å²) in [4.78, 5) is 12.7. The Hall–Kier alpha value is -2.80. The van der Waals surface area contributed by atoms with Crippen molar-refractivity contribution < 1.29 is 13.4 Å². The highest BCUT2D eigenvalue weighted by atomic mass is 32.2. The summed E-state index contributed by atoms with van der Waals surface area (Å²) in [6, 6.07) is 11.5. The summed E-state index contributed by atoms with van der Waals surface area (Å²) >= 11 is 0. The Morgan fingerprint density at radius 2 is 2.00 bits per heavy atom. The van der Waals surface area contributed by atoms with Crippen LogP contribution in [0.5, 0.6) is 0 Å². The number of carbonyl (C=O) groups is 1. The molecular weight excluding hydrogens is 365 g/mol. The summed E-state index contributed by atoms with van der Waals surface area (Å²) in [7, 11) is -1.02. The second-order valence-electron chi connectivity index (χ2n) is 6.67. The summed E-state index contributed by atoms with van der Waals surface area (Å²) in [5, 5.41) is 7.46. The van der Waals surface area contributed by atoms with Crippen LogP contribution < -0.4 is 5.32 Å². The summed E-state index contributed by atoms with van der Waals surface area (Å²) in [6.45, 7) is 3.99. The molecule has 1 N–H and O–H groups in total. The van der Waals surface area contributed by atoms with Crippen LogP contribution in [0.3, 0.4) is 0 Å². The monoisotopic (exact) mass is 383 g/mol. The maximum Gasteiger partial charge on any atom is 0.256 e. The molecule has 1 aliphatic rings. The van der Waals surface area contributed by atoms with E-state index in [1.807, 2.05) is 32.0 Å². The zero-order valence-corrected chi connectivity index (χ0v) is 15.8. The Morgan fingerprint density at radius 3 is 2.74 bits per heavy atom. The fourth-order valence-corrected chi connectivity index (χ4v) is 4.55. The highest BCUT2D eigenvalue weighted by Crippen LogP contribution is 2.32. The van der Waals surface area contributed by atoms with E-state index in [0.717, 1.165) is 28.1 Å². The van der Waals surface area contributed by atoms with E-state index in [9.17, 15) is 13.4 Å². The van der Waals surface area contributed by atoms with Gasteiger partial charge in [0.05, 0.1) is 22.9 Å². The number of benzene rings is 2. The Balaban J connectivity index is 1.79. The van der Waals surface area contributed by atoms with E-state index in [2.05, 4.69) is 10.4 Å². The maximum absolute atomic E-state index is 13.5. The van der Waals surface area contributed by atoms with Crippen LogP contribution in [-0.2, 0) is 22.3 Å². The molecule has 3 aromatic rings. The molecule has 0 fully saturated rings. The number of nitrogens with one attached hydrogen (secondary N) is 1. The molecule has 7 heteroatoms. The van der Waals surface area contributed by atoms with Gasteiger partial charge in [-0.15, -0.1) is 0 Å². The van der Waals surface area contributed by atoms with Crippen LogP contribution in [0.4, 0.5) is 10.2 Å². The van der Waals surface area contributed by atoms with Crippen LogP contribution in [0.25, 0.3) is 5.69 Å². The number of aromatic nitrogens is 2. The minimum atomic E-state index is -1.02. The van der Waals surface area contributed by atoms with Gasteiger partial charge >= 0.3 is 0 Å². The van der Waals surface area contributed by atoms with Gasteiger partial charge in [-0.3, -0.25) is 9.00 Å². The van der Waals surface area contributed by atoms with Crippen LogP contribution in [0.15, 0.2) is 42.5 Å². The number of halogens is 1. The van der Waals surface area contributed by atoms with E-state index in [4.69, 9.17) is 0 Å². The number of hydrogen-bond acceptors (Lipinski definition) is 3. The smallest absolute Gasteiger partial charge is 0.256 e. The number of nitrogens with zero attached hydrogens (tertiary/aromatic N) is 2. The SMILES string of the molecule is Cc1ccc(-n2nc3c(c2NC(=O)c2cccc(F)c2)C[S@@](=O)C3)c(C)c1. The lowest BCUT2D eigenvalue weighted by molar-refractivity contribution is 0.102. The van der Waals surface area contributed by atoms with Gasteiger partial charge in [0.25, 0.3) is 5.91 Å². The Morgan fingerprint density at radius 1 is 1.19 bits per heavy atom. The summed E-state index contributed by atoms with van der Waals surface area (Å²) in [5.41, 5.74) is 4.70. The molecule has 0 aliphatic carbocycles. The number of anilines is 1. The quantitative estimate of drug-likeness (QED) is 0.751. The third kappa shape index (κ3) is 3.30. The van der Waals surface area contributed by atoms with Crippen molar-refractivity contribution >= 4 is 22.5 Å². The van der Waals surface area contributed by atoms with E-state index < -0.39 is 22.5 Å². The fourth-order valence-electron chi connectivity index (χ4n) is 3.28. The summed E-state index contributed by atoms with van der Waals surface area (Å²) < 4.78 is 27.1. The molecule has 2 heterocycles.